The minimum atomic E-state index is -2.14. The molecule has 0 radical (unpaired) electrons. The van der Waals surface area contributed by atoms with Crippen molar-refractivity contribution in [1.82, 2.24) is 9.78 Å². The molecule has 6 rings (SSSR count). The molecule has 0 bridgehead atoms. The fourth-order valence-corrected chi connectivity index (χ4v) is 9.34. The molecule has 5 heteroatoms. The lowest BCUT2D eigenvalue weighted by atomic mass is 10.1. The van der Waals surface area contributed by atoms with Gasteiger partial charge in [0.25, 0.3) is 0 Å². The quantitative estimate of drug-likeness (QED) is 0.274. The van der Waals surface area contributed by atoms with Gasteiger partial charge in [-0.2, -0.15) is 5.10 Å². The Hall–Kier alpha value is -4.04. The molecule has 0 fully saturated rings. The first kappa shape index (κ1) is 26.6. The van der Waals surface area contributed by atoms with Crippen molar-refractivity contribution in [2.45, 2.75) is 6.16 Å². The van der Waals surface area contributed by atoms with E-state index >= 15 is 0 Å². The average Bonchev–Trinajstić information content (AvgIpc) is 3.42. The summed E-state index contributed by atoms with van der Waals surface area (Å²) in [6.45, 7) is 0. The highest BCUT2D eigenvalue weighted by Crippen LogP contribution is 2.58. The molecule has 0 saturated heterocycles. The number of hydrogen-bond donors (Lipinski definition) is 0. The van der Waals surface area contributed by atoms with Crippen LogP contribution in [0.25, 0.3) is 16.9 Å². The second-order valence-electron chi connectivity index (χ2n) is 9.26. The van der Waals surface area contributed by atoms with E-state index in [0.29, 0.717) is 0 Å². The highest BCUT2D eigenvalue weighted by atomic mass is 35.5. The Morgan fingerprint density at radius 1 is 0.564 bits per heavy atom. The number of halogens is 2. The fraction of sp³-hybridized carbons (Fsp3) is 0.0294. The predicted octanol–water partition coefficient (Wildman–Crippen LogP) is 4.18. The zero-order valence-electron chi connectivity index (χ0n) is 21.2. The number of benzene rings is 5. The van der Waals surface area contributed by atoms with Gasteiger partial charge in [0.15, 0.2) is 0 Å². The van der Waals surface area contributed by atoms with Crippen molar-refractivity contribution in [2.75, 3.05) is 0 Å². The van der Waals surface area contributed by atoms with Crippen molar-refractivity contribution in [3.05, 3.63) is 163 Å². The van der Waals surface area contributed by atoms with Crippen molar-refractivity contribution in [2.24, 2.45) is 0 Å². The van der Waals surface area contributed by atoms with E-state index in [-0.39, 0.29) is 18.2 Å². The van der Waals surface area contributed by atoms with E-state index in [1.54, 1.807) is 0 Å². The number of hydrogen-bond acceptors (Lipinski definition) is 1. The lowest BCUT2D eigenvalue weighted by molar-refractivity contribution is -0.00000798. The Kier molecular flexibility index (Phi) is 8.02. The topological polar surface area (TPSA) is 17.8 Å². The molecule has 0 amide bonds. The molecule has 0 spiro atoms. The molecule has 0 saturated carbocycles. The molecule has 0 aliphatic rings. The monoisotopic (exact) mass is 548 g/mol. The van der Waals surface area contributed by atoms with Crippen LogP contribution in [0.15, 0.2) is 152 Å². The molecule has 1 heterocycles. The van der Waals surface area contributed by atoms with E-state index in [9.17, 15) is 4.39 Å². The van der Waals surface area contributed by atoms with E-state index in [1.165, 1.54) is 28.0 Å². The molecule has 192 valence electrons. The molecule has 0 unspecified atom stereocenters. The summed E-state index contributed by atoms with van der Waals surface area (Å²) in [4.78, 5) is 0. The number of nitrogens with zero attached hydrogens (tertiary/aromatic N) is 2. The van der Waals surface area contributed by atoms with Crippen molar-refractivity contribution in [3.8, 4) is 16.9 Å². The summed E-state index contributed by atoms with van der Waals surface area (Å²) in [6.07, 6.45) is 2.93. The van der Waals surface area contributed by atoms with Crippen molar-refractivity contribution in [3.63, 3.8) is 0 Å². The van der Waals surface area contributed by atoms with E-state index in [4.69, 9.17) is 5.10 Å². The maximum atomic E-state index is 13.9. The van der Waals surface area contributed by atoms with E-state index in [2.05, 4.69) is 109 Å². The van der Waals surface area contributed by atoms with Gasteiger partial charge >= 0.3 is 0 Å². The lowest BCUT2D eigenvalue weighted by Crippen LogP contribution is -3.00. The molecule has 2 nitrogen and oxygen atoms in total. The van der Waals surface area contributed by atoms with Crippen LogP contribution < -0.4 is 28.3 Å². The van der Waals surface area contributed by atoms with E-state index in [1.807, 2.05) is 35.0 Å². The zero-order valence-corrected chi connectivity index (χ0v) is 22.9. The van der Waals surface area contributed by atoms with Crippen molar-refractivity contribution >= 4 is 23.2 Å². The Balaban J connectivity index is 0.00000308. The average molecular weight is 549 g/mol. The smallest absolute Gasteiger partial charge is 0.123 e. The summed E-state index contributed by atoms with van der Waals surface area (Å²) in [5, 5.41) is 9.00. The maximum absolute atomic E-state index is 13.9. The zero-order chi connectivity index (χ0) is 25.8. The van der Waals surface area contributed by atoms with E-state index in [0.717, 1.165) is 28.7 Å². The summed E-state index contributed by atoms with van der Waals surface area (Å²) < 4.78 is 15.8. The summed E-state index contributed by atoms with van der Waals surface area (Å²) in [5.41, 5.74) is 3.90. The summed E-state index contributed by atoms with van der Waals surface area (Å²) >= 11 is 0. The van der Waals surface area contributed by atoms with Gasteiger partial charge in [0.05, 0.1) is 11.4 Å². The molecule has 1 aromatic heterocycles. The van der Waals surface area contributed by atoms with Gasteiger partial charge in [-0.3, -0.25) is 0 Å². The third kappa shape index (κ3) is 5.29. The molecule has 0 aliphatic heterocycles. The van der Waals surface area contributed by atoms with Gasteiger partial charge in [0.2, 0.25) is 0 Å². The van der Waals surface area contributed by atoms with Gasteiger partial charge in [-0.05, 0) is 72.8 Å². The van der Waals surface area contributed by atoms with Crippen LogP contribution in [-0.2, 0) is 6.16 Å². The predicted molar refractivity (Wildman–Crippen MR) is 158 cm³/mol. The highest BCUT2D eigenvalue weighted by molar-refractivity contribution is 7.95. The number of para-hydroxylation sites is 1. The molecular formula is C34H27ClFN2P. The minimum absolute atomic E-state index is 0. The van der Waals surface area contributed by atoms with Gasteiger partial charge < -0.3 is 12.4 Å². The Bertz CT molecular complexity index is 1530. The van der Waals surface area contributed by atoms with Gasteiger partial charge in [-0.25, -0.2) is 9.07 Å². The minimum Gasteiger partial charge on any atom is -1.00 e. The maximum Gasteiger partial charge on any atom is 0.123 e. The van der Waals surface area contributed by atoms with Crippen LogP contribution >= 0.6 is 7.26 Å². The Morgan fingerprint density at radius 3 is 1.46 bits per heavy atom. The van der Waals surface area contributed by atoms with Crippen LogP contribution in [0.2, 0.25) is 0 Å². The second-order valence-corrected chi connectivity index (χ2v) is 12.7. The molecule has 0 atom stereocenters. The summed E-state index contributed by atoms with van der Waals surface area (Å²) in [7, 11) is -2.14. The highest BCUT2D eigenvalue weighted by Gasteiger charge is 2.46. The first-order valence-corrected chi connectivity index (χ1v) is 14.7. The van der Waals surface area contributed by atoms with Crippen LogP contribution in [0.4, 0.5) is 4.39 Å². The first-order valence-electron chi connectivity index (χ1n) is 12.7. The van der Waals surface area contributed by atoms with Crippen molar-refractivity contribution in [1.29, 1.82) is 0 Å². The van der Waals surface area contributed by atoms with Crippen LogP contribution in [0, 0.1) is 5.82 Å². The third-order valence-corrected chi connectivity index (χ3v) is 11.3. The van der Waals surface area contributed by atoms with Crippen LogP contribution in [0.3, 0.4) is 0 Å². The Labute approximate surface area is 235 Å². The molecule has 0 aliphatic carbocycles. The summed E-state index contributed by atoms with van der Waals surface area (Å²) in [5.74, 6) is -0.252. The van der Waals surface area contributed by atoms with Crippen LogP contribution in [0.1, 0.15) is 5.56 Å². The van der Waals surface area contributed by atoms with Crippen LogP contribution in [-0.4, -0.2) is 9.78 Å². The van der Waals surface area contributed by atoms with Gasteiger partial charge in [0.1, 0.15) is 35.2 Å². The molecule has 6 aromatic rings. The normalized spacial score (nSPS) is 11.1. The molecule has 39 heavy (non-hydrogen) atoms. The van der Waals surface area contributed by atoms with Gasteiger partial charge in [-0.15, -0.1) is 0 Å². The lowest BCUT2D eigenvalue weighted by Gasteiger charge is -2.27. The number of rotatable bonds is 7. The van der Waals surface area contributed by atoms with E-state index < -0.39 is 7.26 Å². The van der Waals surface area contributed by atoms with Gasteiger partial charge in [0, 0.05) is 17.3 Å². The SMILES string of the molecule is Fc1ccc(-c2nn(-c3ccccc3)cc2C[P+](c2ccccc2)(c2ccccc2)c2ccccc2)cc1.[Cl-]. The van der Waals surface area contributed by atoms with Crippen LogP contribution in [0.5, 0.6) is 0 Å². The molecule has 5 aromatic carbocycles. The molecular weight excluding hydrogens is 522 g/mol. The Morgan fingerprint density at radius 2 is 1.00 bits per heavy atom. The van der Waals surface area contributed by atoms with Gasteiger partial charge in [-0.1, -0.05) is 72.8 Å². The summed E-state index contributed by atoms with van der Waals surface area (Å²) in [6, 6.07) is 49.4. The standard InChI is InChI=1S/C34H27FN2P.ClH/c35-29-23-21-27(22-24-29)34-28(25-37(36-34)30-13-5-1-6-14-30)26-38(31-15-7-2-8-16-31,32-17-9-3-10-18-32)33-19-11-4-12-20-33;/h1-25H,26H2;1H/q+1;/p-1. The largest absolute Gasteiger partial charge is 1.00 e. The number of aromatic nitrogens is 2. The molecule has 0 N–H and O–H groups in total. The van der Waals surface area contributed by atoms with Crippen molar-refractivity contribution < 1.29 is 16.8 Å². The fourth-order valence-electron chi connectivity index (χ4n) is 5.11. The second kappa shape index (κ2) is 11.8. The third-order valence-electron chi connectivity index (χ3n) is 6.93. The first-order chi connectivity index (χ1) is 18.7.